The van der Waals surface area contributed by atoms with Crippen LogP contribution in [0.5, 0.6) is 23.0 Å². The van der Waals surface area contributed by atoms with Crippen molar-refractivity contribution in [3.63, 3.8) is 0 Å². The Kier molecular flexibility index (Phi) is 10.3. The zero-order chi connectivity index (χ0) is 27.7. The first-order chi connectivity index (χ1) is 18.2. The second-order valence-corrected chi connectivity index (χ2v) is 9.24. The average molecular weight is 649 g/mol. The lowest BCUT2D eigenvalue weighted by molar-refractivity contribution is -0.120. The number of halogens is 2. The number of benzene rings is 3. The lowest BCUT2D eigenvalue weighted by atomic mass is 10.2. The van der Waals surface area contributed by atoms with Crippen molar-refractivity contribution in [2.45, 2.75) is 0 Å². The van der Waals surface area contributed by atoms with Gasteiger partial charge in [0.05, 0.1) is 44.1 Å². The third-order valence-electron chi connectivity index (χ3n) is 4.99. The SMILES string of the molecule is COc1cccc(C(=O)Oc2c(Br)cc(Br)cc2C=NNC(=O)CNC(=O)c2ccc(OC)c(OC)c2)c1. The summed E-state index contributed by atoms with van der Waals surface area (Å²) in [4.78, 5) is 37.3. The van der Waals surface area contributed by atoms with Gasteiger partial charge in [-0.05, 0) is 64.5 Å². The molecule has 10 nitrogen and oxygen atoms in total. The highest BCUT2D eigenvalue weighted by Gasteiger charge is 2.16. The highest BCUT2D eigenvalue weighted by atomic mass is 79.9. The van der Waals surface area contributed by atoms with Gasteiger partial charge in [0.1, 0.15) is 5.75 Å². The molecule has 0 saturated heterocycles. The number of amides is 2. The monoisotopic (exact) mass is 647 g/mol. The second kappa shape index (κ2) is 13.6. The van der Waals surface area contributed by atoms with Crippen LogP contribution >= 0.6 is 31.9 Å². The van der Waals surface area contributed by atoms with Crippen molar-refractivity contribution in [2.24, 2.45) is 5.10 Å². The number of rotatable bonds is 10. The van der Waals surface area contributed by atoms with E-state index in [0.29, 0.717) is 42.9 Å². The number of nitrogens with one attached hydrogen (secondary N) is 2. The quantitative estimate of drug-likeness (QED) is 0.145. The topological polar surface area (TPSA) is 125 Å². The van der Waals surface area contributed by atoms with Crippen LogP contribution in [0.2, 0.25) is 0 Å². The molecule has 0 fully saturated rings. The van der Waals surface area contributed by atoms with Crippen LogP contribution in [0.25, 0.3) is 0 Å². The lowest BCUT2D eigenvalue weighted by Gasteiger charge is -2.11. The first-order valence-corrected chi connectivity index (χ1v) is 12.5. The molecule has 2 N–H and O–H groups in total. The number of carbonyl (C=O) groups is 3. The van der Waals surface area contributed by atoms with Crippen molar-refractivity contribution in [2.75, 3.05) is 27.9 Å². The minimum atomic E-state index is -0.608. The Morgan fingerprint density at radius 2 is 1.66 bits per heavy atom. The van der Waals surface area contributed by atoms with E-state index in [1.54, 1.807) is 48.5 Å². The zero-order valence-corrected chi connectivity index (χ0v) is 23.7. The lowest BCUT2D eigenvalue weighted by Crippen LogP contribution is -2.34. The molecule has 0 saturated carbocycles. The molecule has 0 atom stereocenters. The van der Waals surface area contributed by atoms with Crippen LogP contribution in [0, 0.1) is 0 Å². The summed E-state index contributed by atoms with van der Waals surface area (Å²) in [5.41, 5.74) is 3.31. The van der Waals surface area contributed by atoms with Gasteiger partial charge in [0.25, 0.3) is 11.8 Å². The summed E-state index contributed by atoms with van der Waals surface area (Å²) >= 11 is 6.76. The molecule has 0 aliphatic heterocycles. The van der Waals surface area contributed by atoms with Crippen molar-refractivity contribution >= 4 is 55.9 Å². The Bertz CT molecular complexity index is 1380. The molecule has 0 spiro atoms. The predicted molar refractivity (Wildman–Crippen MR) is 147 cm³/mol. The molecule has 198 valence electrons. The fourth-order valence-electron chi connectivity index (χ4n) is 3.14. The fraction of sp³-hybridized carbons (Fsp3) is 0.154. The maximum absolute atomic E-state index is 12.7. The second-order valence-electron chi connectivity index (χ2n) is 7.47. The molecule has 0 bridgehead atoms. The molecule has 0 unspecified atom stereocenters. The van der Waals surface area contributed by atoms with Crippen LogP contribution in [0.15, 0.2) is 68.6 Å². The molecule has 0 aliphatic carbocycles. The molecule has 0 radical (unpaired) electrons. The number of esters is 1. The highest BCUT2D eigenvalue weighted by molar-refractivity contribution is 9.11. The third kappa shape index (κ3) is 7.56. The summed E-state index contributed by atoms with van der Waals surface area (Å²) in [6.07, 6.45) is 1.32. The van der Waals surface area contributed by atoms with E-state index in [1.165, 1.54) is 33.6 Å². The van der Waals surface area contributed by atoms with Crippen molar-refractivity contribution < 1.29 is 33.3 Å². The summed E-state index contributed by atoms with van der Waals surface area (Å²) in [5, 5.41) is 6.43. The third-order valence-corrected chi connectivity index (χ3v) is 6.03. The molecule has 0 aliphatic rings. The van der Waals surface area contributed by atoms with Crippen LogP contribution in [0.3, 0.4) is 0 Å². The molecular formula is C26H23Br2N3O7. The molecule has 12 heteroatoms. The molecule has 3 rings (SSSR count). The van der Waals surface area contributed by atoms with Crippen LogP contribution in [0.1, 0.15) is 26.3 Å². The summed E-state index contributed by atoms with van der Waals surface area (Å²) in [6.45, 7) is -0.329. The Morgan fingerprint density at radius 1 is 0.895 bits per heavy atom. The Balaban J connectivity index is 1.64. The summed E-state index contributed by atoms with van der Waals surface area (Å²) in [6, 6.07) is 14.5. The number of methoxy groups -OCH3 is 3. The minimum absolute atomic E-state index is 0.195. The molecule has 3 aromatic rings. The molecule has 0 heterocycles. The number of carbonyl (C=O) groups excluding carboxylic acids is 3. The number of nitrogens with zero attached hydrogens (tertiary/aromatic N) is 1. The Labute approximate surface area is 235 Å². The largest absolute Gasteiger partial charge is 0.497 e. The fourth-order valence-corrected chi connectivity index (χ4v) is 4.48. The Morgan fingerprint density at radius 3 is 2.37 bits per heavy atom. The van der Waals surface area contributed by atoms with Crippen molar-refractivity contribution in [3.05, 3.63) is 80.2 Å². The number of hydrazone groups is 1. The minimum Gasteiger partial charge on any atom is -0.497 e. The molecule has 0 aromatic heterocycles. The van der Waals surface area contributed by atoms with Gasteiger partial charge < -0.3 is 24.3 Å². The van der Waals surface area contributed by atoms with Crippen LogP contribution < -0.4 is 29.7 Å². The van der Waals surface area contributed by atoms with Gasteiger partial charge in [-0.25, -0.2) is 10.2 Å². The van der Waals surface area contributed by atoms with Crippen molar-refractivity contribution in [3.8, 4) is 23.0 Å². The van der Waals surface area contributed by atoms with E-state index in [2.05, 4.69) is 47.7 Å². The van der Waals surface area contributed by atoms with Crippen molar-refractivity contribution in [1.29, 1.82) is 0 Å². The van der Waals surface area contributed by atoms with E-state index in [1.807, 2.05) is 0 Å². The van der Waals surface area contributed by atoms with E-state index in [-0.39, 0.29) is 12.3 Å². The van der Waals surface area contributed by atoms with Gasteiger partial charge in [-0.1, -0.05) is 22.0 Å². The summed E-state index contributed by atoms with van der Waals surface area (Å²) in [5.74, 6) is -0.0887. The van der Waals surface area contributed by atoms with Gasteiger partial charge in [-0.2, -0.15) is 5.10 Å². The van der Waals surface area contributed by atoms with E-state index >= 15 is 0 Å². The highest BCUT2D eigenvalue weighted by Crippen LogP contribution is 2.33. The summed E-state index contributed by atoms with van der Waals surface area (Å²) < 4.78 is 22.3. The normalized spacial score (nSPS) is 10.6. The van der Waals surface area contributed by atoms with Gasteiger partial charge in [-0.15, -0.1) is 0 Å². The van der Waals surface area contributed by atoms with E-state index in [9.17, 15) is 14.4 Å². The van der Waals surface area contributed by atoms with E-state index in [4.69, 9.17) is 18.9 Å². The molecule has 2 amide bonds. The van der Waals surface area contributed by atoms with Gasteiger partial charge >= 0.3 is 5.97 Å². The number of ether oxygens (including phenoxy) is 4. The predicted octanol–water partition coefficient (Wildman–Crippen LogP) is 4.34. The first kappa shape index (κ1) is 28.7. The van der Waals surface area contributed by atoms with Gasteiger partial charge in [0.15, 0.2) is 17.2 Å². The first-order valence-electron chi connectivity index (χ1n) is 10.9. The van der Waals surface area contributed by atoms with Gasteiger partial charge in [-0.3, -0.25) is 9.59 Å². The van der Waals surface area contributed by atoms with Crippen LogP contribution in [0.4, 0.5) is 0 Å². The van der Waals surface area contributed by atoms with E-state index < -0.39 is 17.8 Å². The maximum atomic E-state index is 12.7. The molecular weight excluding hydrogens is 626 g/mol. The van der Waals surface area contributed by atoms with Crippen molar-refractivity contribution in [1.82, 2.24) is 10.7 Å². The van der Waals surface area contributed by atoms with Crippen LogP contribution in [-0.2, 0) is 4.79 Å². The number of hydrogen-bond donors (Lipinski definition) is 2. The maximum Gasteiger partial charge on any atom is 0.343 e. The zero-order valence-electron chi connectivity index (χ0n) is 20.5. The van der Waals surface area contributed by atoms with Crippen LogP contribution in [-0.4, -0.2) is 51.9 Å². The van der Waals surface area contributed by atoms with E-state index in [0.717, 1.165) is 0 Å². The molecule has 38 heavy (non-hydrogen) atoms. The number of hydrogen-bond acceptors (Lipinski definition) is 8. The summed E-state index contributed by atoms with van der Waals surface area (Å²) in [7, 11) is 4.45. The van der Waals surface area contributed by atoms with Gasteiger partial charge in [0, 0.05) is 15.6 Å². The average Bonchev–Trinajstić information content (AvgIpc) is 2.92. The standard InChI is InChI=1S/C26H23Br2N3O7/c1-35-19-6-4-5-16(10-19)26(34)38-24-17(9-18(27)12-20(24)28)13-30-31-23(32)14-29-25(33)15-7-8-21(36-2)22(11-15)37-3/h4-13H,14H2,1-3H3,(H,29,33)(H,31,32). The smallest absolute Gasteiger partial charge is 0.343 e. The molecule has 3 aromatic carbocycles. The van der Waals surface area contributed by atoms with Gasteiger partial charge in [0.2, 0.25) is 0 Å². The Hall–Kier alpha value is -3.90.